The average Bonchev–Trinajstić information content (AvgIpc) is 3.05. The highest BCUT2D eigenvalue weighted by Gasteiger charge is 2.37. The molecule has 144 valence electrons. The van der Waals surface area contributed by atoms with Gasteiger partial charge in [-0.25, -0.2) is 9.07 Å². The molecule has 1 aliphatic rings. The van der Waals surface area contributed by atoms with Crippen LogP contribution in [0.15, 0.2) is 47.6 Å². The minimum Gasteiger partial charge on any atom is -0.325 e. The average molecular weight is 418 g/mol. The predicted molar refractivity (Wildman–Crippen MR) is 108 cm³/mol. The van der Waals surface area contributed by atoms with Crippen molar-refractivity contribution in [1.82, 2.24) is 14.9 Å². The standard InChI is InChI=1S/C19H17ClFN5OS/c1-10-14(20)4-3-5-15(10)22-18(27)17-16(12-6-8-13(21)9-7-12)25-26-11(2)23-24-19(26)28-17/h3-9,16-17,25H,1-2H3,(H,22,27)/t16-,17+/m1/s1. The van der Waals surface area contributed by atoms with Crippen molar-refractivity contribution >= 4 is 35.0 Å². The topological polar surface area (TPSA) is 71.8 Å². The fraction of sp³-hybridized carbons (Fsp3) is 0.211. The van der Waals surface area contributed by atoms with Gasteiger partial charge in [0.05, 0.1) is 6.04 Å². The second-order valence-electron chi connectivity index (χ2n) is 6.46. The molecule has 2 atom stereocenters. The predicted octanol–water partition coefficient (Wildman–Crippen LogP) is 4.09. The van der Waals surface area contributed by atoms with Crippen molar-refractivity contribution in [2.24, 2.45) is 0 Å². The molecule has 0 aliphatic carbocycles. The first-order chi connectivity index (χ1) is 13.4. The van der Waals surface area contributed by atoms with Crippen LogP contribution in [-0.2, 0) is 4.79 Å². The summed E-state index contributed by atoms with van der Waals surface area (Å²) in [6, 6.07) is 11.1. The van der Waals surface area contributed by atoms with Crippen LogP contribution in [0, 0.1) is 19.7 Å². The first kappa shape index (κ1) is 18.8. The fourth-order valence-corrected chi connectivity index (χ4v) is 4.33. The quantitative estimate of drug-likeness (QED) is 0.671. The van der Waals surface area contributed by atoms with E-state index < -0.39 is 11.3 Å². The van der Waals surface area contributed by atoms with Crippen molar-refractivity contribution in [3.8, 4) is 0 Å². The van der Waals surface area contributed by atoms with Gasteiger partial charge in [-0.15, -0.1) is 10.2 Å². The van der Waals surface area contributed by atoms with E-state index in [1.54, 1.807) is 35.0 Å². The summed E-state index contributed by atoms with van der Waals surface area (Å²) in [6.07, 6.45) is 0. The maximum absolute atomic E-state index is 13.4. The Labute approximate surface area is 170 Å². The molecule has 3 aromatic rings. The van der Waals surface area contributed by atoms with E-state index in [1.165, 1.54) is 23.9 Å². The number of aromatic nitrogens is 3. The first-order valence-electron chi connectivity index (χ1n) is 8.60. The SMILES string of the molecule is Cc1c(Cl)cccc1NC(=O)[C@H]1Sc2nnc(C)n2N[C@@H]1c1ccc(F)cc1. The summed E-state index contributed by atoms with van der Waals surface area (Å²) >= 11 is 7.48. The number of amides is 1. The third kappa shape index (κ3) is 3.45. The van der Waals surface area contributed by atoms with E-state index in [2.05, 4.69) is 20.9 Å². The van der Waals surface area contributed by atoms with E-state index in [-0.39, 0.29) is 11.7 Å². The van der Waals surface area contributed by atoms with Gasteiger partial charge in [0, 0.05) is 10.7 Å². The Morgan fingerprint density at radius 3 is 2.71 bits per heavy atom. The Morgan fingerprint density at radius 1 is 1.21 bits per heavy atom. The molecule has 2 N–H and O–H groups in total. The zero-order chi connectivity index (χ0) is 19.8. The second kappa shape index (κ2) is 7.44. The number of fused-ring (bicyclic) bond motifs is 1. The molecule has 1 aromatic heterocycles. The third-order valence-electron chi connectivity index (χ3n) is 4.61. The van der Waals surface area contributed by atoms with Crippen molar-refractivity contribution in [1.29, 1.82) is 0 Å². The number of carbonyl (C=O) groups is 1. The van der Waals surface area contributed by atoms with Gasteiger partial charge >= 0.3 is 0 Å². The number of aryl methyl sites for hydroxylation is 1. The molecule has 1 aliphatic heterocycles. The number of halogens is 2. The number of thioether (sulfide) groups is 1. The van der Waals surface area contributed by atoms with E-state index in [9.17, 15) is 9.18 Å². The number of anilines is 1. The van der Waals surface area contributed by atoms with Gasteiger partial charge in [-0.1, -0.05) is 41.6 Å². The monoisotopic (exact) mass is 417 g/mol. The maximum Gasteiger partial charge on any atom is 0.240 e. The van der Waals surface area contributed by atoms with Crippen LogP contribution in [0.1, 0.15) is 23.0 Å². The molecule has 9 heteroatoms. The summed E-state index contributed by atoms with van der Waals surface area (Å²) in [4.78, 5) is 13.2. The second-order valence-corrected chi connectivity index (χ2v) is 7.98. The Kier molecular flexibility index (Phi) is 4.99. The molecule has 4 rings (SSSR count). The lowest BCUT2D eigenvalue weighted by Crippen LogP contribution is -2.41. The molecule has 0 radical (unpaired) electrons. The molecule has 0 fully saturated rings. The van der Waals surface area contributed by atoms with Crippen LogP contribution >= 0.6 is 23.4 Å². The number of nitrogens with zero attached hydrogens (tertiary/aromatic N) is 3. The summed E-state index contributed by atoms with van der Waals surface area (Å²) < 4.78 is 15.1. The van der Waals surface area contributed by atoms with Crippen molar-refractivity contribution in [2.75, 3.05) is 10.7 Å². The van der Waals surface area contributed by atoms with Gasteiger partial charge < -0.3 is 10.7 Å². The van der Waals surface area contributed by atoms with Crippen molar-refractivity contribution in [3.63, 3.8) is 0 Å². The summed E-state index contributed by atoms with van der Waals surface area (Å²) in [5.74, 6) is 0.146. The van der Waals surface area contributed by atoms with Crippen LogP contribution in [0.2, 0.25) is 5.02 Å². The Bertz CT molecular complexity index is 1040. The summed E-state index contributed by atoms with van der Waals surface area (Å²) in [5, 5.41) is 11.8. The largest absolute Gasteiger partial charge is 0.325 e. The molecule has 0 saturated carbocycles. The fourth-order valence-electron chi connectivity index (χ4n) is 3.03. The van der Waals surface area contributed by atoms with Crippen molar-refractivity contribution in [2.45, 2.75) is 30.3 Å². The molecule has 0 bridgehead atoms. The van der Waals surface area contributed by atoms with Gasteiger partial charge in [-0.05, 0) is 49.2 Å². The Hall–Kier alpha value is -2.58. The maximum atomic E-state index is 13.4. The van der Waals surface area contributed by atoms with Crippen LogP contribution in [0.25, 0.3) is 0 Å². The number of carbonyl (C=O) groups excluding carboxylic acids is 1. The Balaban J connectivity index is 1.68. The van der Waals surface area contributed by atoms with Gasteiger partial charge in [-0.2, -0.15) is 0 Å². The molecule has 6 nitrogen and oxygen atoms in total. The number of benzene rings is 2. The number of rotatable bonds is 3. The number of hydrogen-bond acceptors (Lipinski definition) is 5. The minimum absolute atomic E-state index is 0.205. The van der Waals surface area contributed by atoms with E-state index >= 15 is 0 Å². The van der Waals surface area contributed by atoms with E-state index in [4.69, 9.17) is 11.6 Å². The van der Waals surface area contributed by atoms with Gasteiger partial charge in [0.1, 0.15) is 16.9 Å². The molecular formula is C19H17ClFN5OS. The molecule has 2 aromatic carbocycles. The van der Waals surface area contributed by atoms with E-state index in [0.29, 0.717) is 21.7 Å². The number of hydrogen-bond donors (Lipinski definition) is 2. The van der Waals surface area contributed by atoms with Crippen LogP contribution in [-0.4, -0.2) is 26.0 Å². The molecule has 0 spiro atoms. The van der Waals surface area contributed by atoms with Crippen LogP contribution in [0.5, 0.6) is 0 Å². The lowest BCUT2D eigenvalue weighted by atomic mass is 10.0. The third-order valence-corrected chi connectivity index (χ3v) is 6.24. The first-order valence-corrected chi connectivity index (χ1v) is 9.86. The normalized spacial score (nSPS) is 18.3. The Morgan fingerprint density at radius 2 is 1.96 bits per heavy atom. The summed E-state index contributed by atoms with van der Waals surface area (Å²) in [7, 11) is 0. The molecule has 2 heterocycles. The molecule has 28 heavy (non-hydrogen) atoms. The number of nitrogens with one attached hydrogen (secondary N) is 2. The van der Waals surface area contributed by atoms with Crippen LogP contribution in [0.3, 0.4) is 0 Å². The van der Waals surface area contributed by atoms with Gasteiger partial charge in [0.25, 0.3) is 0 Å². The van der Waals surface area contributed by atoms with E-state index in [0.717, 1.165) is 11.1 Å². The smallest absolute Gasteiger partial charge is 0.240 e. The van der Waals surface area contributed by atoms with Crippen LogP contribution in [0.4, 0.5) is 10.1 Å². The molecule has 0 unspecified atom stereocenters. The summed E-state index contributed by atoms with van der Waals surface area (Å²) in [6.45, 7) is 3.67. The lowest BCUT2D eigenvalue weighted by molar-refractivity contribution is -0.116. The molecule has 0 saturated heterocycles. The van der Waals surface area contributed by atoms with Crippen molar-refractivity contribution in [3.05, 3.63) is 70.3 Å². The van der Waals surface area contributed by atoms with Gasteiger partial charge in [-0.3, -0.25) is 4.79 Å². The highest BCUT2D eigenvalue weighted by molar-refractivity contribution is 8.00. The molecular weight excluding hydrogens is 401 g/mol. The summed E-state index contributed by atoms with van der Waals surface area (Å²) in [5.41, 5.74) is 5.52. The highest BCUT2D eigenvalue weighted by atomic mass is 35.5. The zero-order valence-electron chi connectivity index (χ0n) is 15.1. The van der Waals surface area contributed by atoms with Gasteiger partial charge in [0.15, 0.2) is 0 Å². The van der Waals surface area contributed by atoms with Crippen molar-refractivity contribution < 1.29 is 9.18 Å². The molecule has 1 amide bonds. The van der Waals surface area contributed by atoms with Crippen LogP contribution < -0.4 is 10.7 Å². The van der Waals surface area contributed by atoms with E-state index in [1.807, 2.05) is 13.8 Å². The highest BCUT2D eigenvalue weighted by Crippen LogP contribution is 2.37. The minimum atomic E-state index is -0.542. The lowest BCUT2D eigenvalue weighted by Gasteiger charge is -2.32. The zero-order valence-corrected chi connectivity index (χ0v) is 16.7. The van der Waals surface area contributed by atoms with Gasteiger partial charge in [0.2, 0.25) is 11.1 Å².